The Hall–Kier alpha value is 1.07. The van der Waals surface area contributed by atoms with Crippen molar-refractivity contribution in [3.05, 3.63) is 0 Å². The standard InChI is InChI=1S/C5H10.2ClH.Ru/c1-4-5(2)3;;;/h5H,1-3H3;2*1H;/q;;;+2/p-2. The first-order valence-corrected chi connectivity index (χ1v) is 7.73. The van der Waals surface area contributed by atoms with E-state index in [2.05, 4.69) is 13.8 Å². The van der Waals surface area contributed by atoms with E-state index in [9.17, 15) is 0 Å². The van der Waals surface area contributed by atoms with Crippen LogP contribution in [-0.4, -0.2) is 4.11 Å². The van der Waals surface area contributed by atoms with E-state index in [0.29, 0.717) is 5.92 Å². The van der Waals surface area contributed by atoms with Gasteiger partial charge >= 0.3 is 63.7 Å². The molecule has 0 radical (unpaired) electrons. The van der Waals surface area contributed by atoms with Gasteiger partial charge in [-0.3, -0.25) is 0 Å². The Kier molecular flexibility index (Phi) is 4.51. The summed E-state index contributed by atoms with van der Waals surface area (Å²) >= 11 is -1.50. The van der Waals surface area contributed by atoms with E-state index in [0.717, 1.165) is 0 Å². The summed E-state index contributed by atoms with van der Waals surface area (Å²) in [6.45, 7) is 6.26. The molecule has 0 saturated carbocycles. The average Bonchev–Trinajstić information content (AvgIpc) is 1.64. The second-order valence-electron chi connectivity index (χ2n) is 1.91. The van der Waals surface area contributed by atoms with Gasteiger partial charge in [0.05, 0.1) is 0 Å². The van der Waals surface area contributed by atoms with Crippen LogP contribution in [0.2, 0.25) is 0 Å². The minimum atomic E-state index is -1.50. The quantitative estimate of drug-likeness (QED) is 0.620. The van der Waals surface area contributed by atoms with Gasteiger partial charge in [0.2, 0.25) is 0 Å². The molecule has 0 spiro atoms. The zero-order valence-corrected chi connectivity index (χ0v) is 8.44. The van der Waals surface area contributed by atoms with Crippen molar-refractivity contribution in [2.75, 3.05) is 0 Å². The first-order chi connectivity index (χ1) is 3.55. The van der Waals surface area contributed by atoms with Gasteiger partial charge in [0.15, 0.2) is 0 Å². The molecular formula is C5H10Cl2Ru. The molecule has 3 heteroatoms. The van der Waals surface area contributed by atoms with Gasteiger partial charge in [-0.05, 0) is 0 Å². The molecular weight excluding hydrogens is 232 g/mol. The van der Waals surface area contributed by atoms with E-state index in [4.69, 9.17) is 19.4 Å². The molecule has 0 aromatic rings. The van der Waals surface area contributed by atoms with E-state index in [1.165, 1.54) is 4.11 Å². The van der Waals surface area contributed by atoms with Crippen LogP contribution < -0.4 is 0 Å². The zero-order valence-electron chi connectivity index (χ0n) is 5.19. The maximum atomic E-state index is 5.69. The number of halogens is 2. The summed E-state index contributed by atoms with van der Waals surface area (Å²) in [7, 11) is 11.4. The second-order valence-corrected chi connectivity index (χ2v) is 8.15. The normalized spacial score (nSPS) is 12.0. The van der Waals surface area contributed by atoms with Gasteiger partial charge in [0, 0.05) is 0 Å². The Labute approximate surface area is 63.7 Å². The molecule has 0 unspecified atom stereocenters. The molecule has 0 aromatic heterocycles. The van der Waals surface area contributed by atoms with Crippen LogP contribution in [0.1, 0.15) is 20.8 Å². The third kappa shape index (κ3) is 3.17. The minimum absolute atomic E-state index is 0.559. The number of rotatable bonds is 1. The molecule has 0 rings (SSSR count). The van der Waals surface area contributed by atoms with Gasteiger partial charge in [-0.1, -0.05) is 0 Å². The van der Waals surface area contributed by atoms with Gasteiger partial charge in [-0.25, -0.2) is 0 Å². The van der Waals surface area contributed by atoms with Crippen molar-refractivity contribution in [1.29, 1.82) is 0 Å². The summed E-state index contributed by atoms with van der Waals surface area (Å²) in [4.78, 5) is 0. The first kappa shape index (κ1) is 9.07. The van der Waals surface area contributed by atoms with Crippen molar-refractivity contribution in [2.45, 2.75) is 20.8 Å². The second kappa shape index (κ2) is 3.98. The molecule has 0 amide bonds. The molecule has 0 N–H and O–H groups in total. The summed E-state index contributed by atoms with van der Waals surface area (Å²) in [5.74, 6) is 0.559. The summed E-state index contributed by atoms with van der Waals surface area (Å²) < 4.78 is 1.28. The Morgan fingerprint density at radius 1 is 1.38 bits per heavy atom. The van der Waals surface area contributed by atoms with E-state index in [1.54, 1.807) is 0 Å². The predicted octanol–water partition coefficient (Wildman–Crippen LogP) is 2.76. The topological polar surface area (TPSA) is 0 Å². The van der Waals surface area contributed by atoms with Crippen LogP contribution in [0, 0.1) is 5.92 Å². The Bertz CT molecular complexity index is 103. The van der Waals surface area contributed by atoms with Crippen LogP contribution in [0.3, 0.4) is 0 Å². The molecule has 0 aromatic carbocycles. The first-order valence-electron chi connectivity index (χ1n) is 2.39. The molecule has 0 bridgehead atoms. The maximum absolute atomic E-state index is 5.69. The van der Waals surface area contributed by atoms with Crippen molar-refractivity contribution >= 4 is 23.5 Å². The number of hydrogen-bond acceptors (Lipinski definition) is 0. The molecule has 0 nitrogen and oxygen atoms in total. The van der Waals surface area contributed by atoms with E-state index in [1.807, 2.05) is 6.92 Å². The fourth-order valence-corrected chi connectivity index (χ4v) is 2.74. The van der Waals surface area contributed by atoms with Crippen molar-refractivity contribution in [3.63, 3.8) is 0 Å². The molecule has 0 aliphatic carbocycles. The average molecular weight is 242 g/mol. The van der Waals surface area contributed by atoms with Gasteiger partial charge in [-0.2, -0.15) is 0 Å². The van der Waals surface area contributed by atoms with Crippen molar-refractivity contribution in [2.24, 2.45) is 5.92 Å². The summed E-state index contributed by atoms with van der Waals surface area (Å²) in [6, 6.07) is 0. The Balaban J connectivity index is 4.00. The van der Waals surface area contributed by atoms with Crippen LogP contribution in [0.4, 0.5) is 0 Å². The molecule has 0 atom stereocenters. The summed E-state index contributed by atoms with van der Waals surface area (Å²) in [6.07, 6.45) is 0. The molecule has 52 valence electrons. The van der Waals surface area contributed by atoms with E-state index >= 15 is 0 Å². The van der Waals surface area contributed by atoms with E-state index in [-0.39, 0.29) is 0 Å². The molecule has 0 saturated heterocycles. The van der Waals surface area contributed by atoms with Crippen LogP contribution in [0.25, 0.3) is 0 Å². The molecule has 0 aliphatic rings. The molecule has 0 fully saturated rings. The third-order valence-corrected chi connectivity index (χ3v) is 5.53. The predicted molar refractivity (Wildman–Crippen MR) is 37.2 cm³/mol. The third-order valence-electron chi connectivity index (χ3n) is 0.992. The van der Waals surface area contributed by atoms with Crippen LogP contribution in [0.5, 0.6) is 0 Å². The van der Waals surface area contributed by atoms with Crippen LogP contribution in [0.15, 0.2) is 0 Å². The monoisotopic (exact) mass is 242 g/mol. The van der Waals surface area contributed by atoms with Gasteiger partial charge < -0.3 is 0 Å². The van der Waals surface area contributed by atoms with Crippen LogP contribution >= 0.6 is 19.4 Å². The van der Waals surface area contributed by atoms with E-state index < -0.39 is 13.5 Å². The van der Waals surface area contributed by atoms with Gasteiger partial charge in [0.25, 0.3) is 0 Å². The molecule has 0 heterocycles. The Morgan fingerprint density at radius 2 is 1.75 bits per heavy atom. The fraction of sp³-hybridized carbons (Fsp3) is 0.800. The number of hydrogen-bond donors (Lipinski definition) is 0. The SMILES string of the molecule is C[C](C(C)C)=[Ru]([Cl])[Cl]. The van der Waals surface area contributed by atoms with Crippen LogP contribution in [-0.2, 0) is 13.5 Å². The molecule has 8 heavy (non-hydrogen) atoms. The summed E-state index contributed by atoms with van der Waals surface area (Å²) in [5.41, 5.74) is 0. The van der Waals surface area contributed by atoms with Crippen molar-refractivity contribution < 1.29 is 13.5 Å². The van der Waals surface area contributed by atoms with Crippen molar-refractivity contribution in [1.82, 2.24) is 0 Å². The van der Waals surface area contributed by atoms with Crippen molar-refractivity contribution in [3.8, 4) is 0 Å². The van der Waals surface area contributed by atoms with Gasteiger partial charge in [-0.15, -0.1) is 0 Å². The zero-order chi connectivity index (χ0) is 6.73. The Morgan fingerprint density at radius 3 is 1.75 bits per heavy atom. The van der Waals surface area contributed by atoms with Gasteiger partial charge in [0.1, 0.15) is 0 Å². The molecule has 0 aliphatic heterocycles. The fourth-order valence-electron chi connectivity index (χ4n) is 0.154. The summed E-state index contributed by atoms with van der Waals surface area (Å²) in [5, 5.41) is 0.